The van der Waals surface area contributed by atoms with Crippen molar-refractivity contribution in [2.75, 3.05) is 6.26 Å². The third-order valence-corrected chi connectivity index (χ3v) is 1.19. The number of hydrogen-bond acceptors (Lipinski definition) is 2. The van der Waals surface area contributed by atoms with Gasteiger partial charge in [0, 0.05) is 6.26 Å². The van der Waals surface area contributed by atoms with Crippen LogP contribution in [0.2, 0.25) is 0 Å². The molecule has 70 valence electrons. The first kappa shape index (κ1) is 11.2. The van der Waals surface area contributed by atoms with E-state index >= 15 is 0 Å². The summed E-state index contributed by atoms with van der Waals surface area (Å²) in [5, 5.41) is 0. The van der Waals surface area contributed by atoms with Crippen LogP contribution in [0, 0.1) is 0 Å². The minimum atomic E-state index is -2.12. The van der Waals surface area contributed by atoms with Crippen molar-refractivity contribution in [3.05, 3.63) is 18.7 Å². The van der Waals surface area contributed by atoms with E-state index in [9.17, 15) is 0 Å². The average Bonchev–Trinajstić information content (AvgIpc) is 2.34. The van der Waals surface area contributed by atoms with Crippen molar-refractivity contribution in [3.63, 3.8) is 0 Å². The van der Waals surface area contributed by atoms with Crippen LogP contribution in [0.4, 0.5) is 0 Å². The summed E-state index contributed by atoms with van der Waals surface area (Å²) >= 11 is 0. The van der Waals surface area contributed by atoms with Crippen molar-refractivity contribution in [2.45, 2.75) is 13.5 Å². The van der Waals surface area contributed by atoms with E-state index in [4.69, 9.17) is 8.42 Å². The van der Waals surface area contributed by atoms with Crippen LogP contribution >= 0.6 is 0 Å². The van der Waals surface area contributed by atoms with Gasteiger partial charge in [-0.3, -0.25) is 0 Å². The lowest BCUT2D eigenvalue weighted by Crippen LogP contribution is -2.28. The molecule has 0 spiro atoms. The molecule has 0 bridgehead atoms. The number of aryl methyl sites for hydroxylation is 2. The molecule has 0 atom stereocenters. The zero-order valence-electron chi connectivity index (χ0n) is 7.60. The summed E-state index contributed by atoms with van der Waals surface area (Å²) < 4.78 is 22.2. The van der Waals surface area contributed by atoms with Gasteiger partial charge in [-0.2, -0.15) is 0 Å². The van der Waals surface area contributed by atoms with Crippen LogP contribution in [0.1, 0.15) is 6.92 Å². The Morgan fingerprint density at radius 1 is 1.50 bits per heavy atom. The standard InChI is InChI=1S/C6H11N2.CH4O2S/c1-3-8-5-4-7(2)6-8;1-4(2)3/h4-6H,3H2,1-2H3;4H,1H3/q+1;. The van der Waals surface area contributed by atoms with E-state index in [1.165, 1.54) is 0 Å². The minimum Gasteiger partial charge on any atom is -0.240 e. The largest absolute Gasteiger partial charge is 0.243 e. The summed E-state index contributed by atoms with van der Waals surface area (Å²) in [7, 11) is -0.100. The maximum atomic E-state index is 9.04. The van der Waals surface area contributed by atoms with E-state index in [1.807, 2.05) is 17.8 Å². The molecule has 0 saturated carbocycles. The quantitative estimate of drug-likeness (QED) is 0.483. The highest BCUT2D eigenvalue weighted by Gasteiger charge is 1.92. The monoisotopic (exact) mass is 191 g/mol. The lowest BCUT2D eigenvalue weighted by Gasteiger charge is -1.81. The molecular formula is C7H15N2O2S+. The molecule has 0 aliphatic carbocycles. The van der Waals surface area contributed by atoms with Gasteiger partial charge in [0.25, 0.3) is 0 Å². The molecular weight excluding hydrogens is 176 g/mol. The topological polar surface area (TPSA) is 43.0 Å². The minimum absolute atomic E-state index is 1.06. The second-order valence-electron chi connectivity index (χ2n) is 2.35. The molecule has 5 heteroatoms. The molecule has 0 aromatic carbocycles. The fourth-order valence-electron chi connectivity index (χ4n) is 0.689. The summed E-state index contributed by atoms with van der Waals surface area (Å²) in [6.07, 6.45) is 7.26. The van der Waals surface area contributed by atoms with Crippen molar-refractivity contribution < 1.29 is 13.0 Å². The predicted octanol–water partition coefficient (Wildman–Crippen LogP) is -0.440. The van der Waals surface area contributed by atoms with Crippen molar-refractivity contribution in [3.8, 4) is 0 Å². The van der Waals surface area contributed by atoms with E-state index < -0.39 is 10.7 Å². The van der Waals surface area contributed by atoms with Gasteiger partial charge >= 0.3 is 0 Å². The predicted molar refractivity (Wildman–Crippen MR) is 47.5 cm³/mol. The molecule has 0 N–H and O–H groups in total. The van der Waals surface area contributed by atoms with E-state index in [1.54, 1.807) is 0 Å². The van der Waals surface area contributed by atoms with E-state index in [-0.39, 0.29) is 0 Å². The Balaban J connectivity index is 0.000000261. The van der Waals surface area contributed by atoms with Gasteiger partial charge in [0.1, 0.15) is 23.1 Å². The van der Waals surface area contributed by atoms with Gasteiger partial charge in [0.2, 0.25) is 6.33 Å². The van der Waals surface area contributed by atoms with E-state index in [2.05, 4.69) is 24.0 Å². The highest BCUT2D eigenvalue weighted by Crippen LogP contribution is 1.74. The average molecular weight is 191 g/mol. The van der Waals surface area contributed by atoms with Gasteiger partial charge in [-0.05, 0) is 6.92 Å². The molecule has 1 aromatic rings. The van der Waals surface area contributed by atoms with Gasteiger partial charge in [-0.15, -0.1) is 0 Å². The summed E-state index contributed by atoms with van der Waals surface area (Å²) in [5.74, 6) is 0. The van der Waals surface area contributed by atoms with Crippen molar-refractivity contribution in [1.29, 1.82) is 0 Å². The Morgan fingerprint density at radius 2 is 2.00 bits per heavy atom. The molecule has 1 aromatic heterocycles. The van der Waals surface area contributed by atoms with Crippen LogP contribution in [0.15, 0.2) is 18.7 Å². The van der Waals surface area contributed by atoms with Gasteiger partial charge in [0.15, 0.2) is 0 Å². The highest BCUT2D eigenvalue weighted by atomic mass is 32.2. The first-order valence-electron chi connectivity index (χ1n) is 3.65. The molecule has 0 saturated heterocycles. The van der Waals surface area contributed by atoms with Crippen molar-refractivity contribution >= 4 is 10.7 Å². The first-order valence-corrected chi connectivity index (χ1v) is 5.27. The first-order chi connectivity index (χ1) is 5.56. The molecule has 1 heterocycles. The summed E-state index contributed by atoms with van der Waals surface area (Å²) in [5.41, 5.74) is 0. The molecule has 0 amide bonds. The third kappa shape index (κ3) is 5.91. The van der Waals surface area contributed by atoms with Crippen LogP contribution in [-0.4, -0.2) is 19.2 Å². The van der Waals surface area contributed by atoms with E-state index in [0.717, 1.165) is 12.8 Å². The maximum absolute atomic E-state index is 9.04. The fraction of sp³-hybridized carbons (Fsp3) is 0.571. The number of thiol groups is 1. The van der Waals surface area contributed by atoms with Gasteiger partial charge in [0.05, 0.1) is 13.6 Å². The second kappa shape index (κ2) is 5.77. The summed E-state index contributed by atoms with van der Waals surface area (Å²) in [6, 6.07) is 0. The van der Waals surface area contributed by atoms with Crippen LogP contribution in [0.3, 0.4) is 0 Å². The Bertz CT molecular complexity index is 283. The Morgan fingerprint density at radius 3 is 2.17 bits per heavy atom. The van der Waals surface area contributed by atoms with Crippen LogP contribution < -0.4 is 4.57 Å². The summed E-state index contributed by atoms with van der Waals surface area (Å²) in [6.45, 7) is 3.18. The lowest BCUT2D eigenvalue weighted by molar-refractivity contribution is -0.693. The number of imidazole rings is 1. The van der Waals surface area contributed by atoms with Crippen molar-refractivity contribution in [1.82, 2.24) is 4.57 Å². The Labute approximate surface area is 74.4 Å². The summed E-state index contributed by atoms with van der Waals surface area (Å²) in [4.78, 5) is 0. The molecule has 12 heavy (non-hydrogen) atoms. The number of rotatable bonds is 1. The zero-order valence-corrected chi connectivity index (χ0v) is 8.49. The second-order valence-corrected chi connectivity index (χ2v) is 3.23. The maximum Gasteiger partial charge on any atom is 0.243 e. The molecule has 4 nitrogen and oxygen atoms in total. The van der Waals surface area contributed by atoms with Gasteiger partial charge < -0.3 is 0 Å². The van der Waals surface area contributed by atoms with E-state index in [0.29, 0.717) is 0 Å². The molecule has 1 rings (SSSR count). The number of hydrogen-bond donors (Lipinski definition) is 1. The Hall–Kier alpha value is -0.840. The normalized spacial score (nSPS) is 9.33. The zero-order chi connectivity index (χ0) is 9.56. The number of nitrogens with zero attached hydrogens (tertiary/aromatic N) is 2. The van der Waals surface area contributed by atoms with Crippen LogP contribution in [0.25, 0.3) is 0 Å². The molecule has 0 radical (unpaired) electrons. The third-order valence-electron chi connectivity index (χ3n) is 1.19. The van der Waals surface area contributed by atoms with Crippen LogP contribution in [0.5, 0.6) is 0 Å². The van der Waals surface area contributed by atoms with Crippen LogP contribution in [-0.2, 0) is 24.3 Å². The Kier molecular flexibility index (Phi) is 5.36. The van der Waals surface area contributed by atoms with Crippen molar-refractivity contribution in [2.24, 2.45) is 7.05 Å². The SMILES string of the molecule is CC[n+]1ccn(C)c1.C[SH](=O)=O. The fourth-order valence-corrected chi connectivity index (χ4v) is 0.689. The van der Waals surface area contributed by atoms with Gasteiger partial charge in [-0.1, -0.05) is 0 Å². The van der Waals surface area contributed by atoms with Gasteiger partial charge in [-0.25, -0.2) is 17.6 Å². The highest BCUT2D eigenvalue weighted by molar-refractivity contribution is 7.71. The lowest BCUT2D eigenvalue weighted by atomic mass is 10.7. The molecule has 0 aliphatic heterocycles. The molecule has 0 unspecified atom stereocenters. The molecule has 0 aliphatic rings. The number of aromatic nitrogens is 2. The molecule has 0 fully saturated rings. The smallest absolute Gasteiger partial charge is 0.240 e.